The summed E-state index contributed by atoms with van der Waals surface area (Å²) in [5.74, 6) is 0. The van der Waals surface area contributed by atoms with Crippen molar-refractivity contribution in [1.29, 1.82) is 0 Å². The van der Waals surface area contributed by atoms with Crippen LogP contribution in [0.1, 0.15) is 13.8 Å². The van der Waals surface area contributed by atoms with Gasteiger partial charge in [-0.1, -0.05) is 0 Å². The molecule has 0 bridgehead atoms. The quantitative estimate of drug-likeness (QED) is 0.614. The number of rotatable bonds is 2. The van der Waals surface area contributed by atoms with Crippen LogP contribution in [0.2, 0.25) is 0 Å². The van der Waals surface area contributed by atoms with Gasteiger partial charge in [-0.25, -0.2) is 0 Å². The fourth-order valence-electron chi connectivity index (χ4n) is 1.53. The Hall–Kier alpha value is -0.540. The van der Waals surface area contributed by atoms with Gasteiger partial charge in [0.05, 0.1) is 19.9 Å². The molecule has 1 aliphatic heterocycles. The summed E-state index contributed by atoms with van der Waals surface area (Å²) >= 11 is 0. The van der Waals surface area contributed by atoms with Crippen molar-refractivity contribution in [3.8, 4) is 0 Å². The number of likely N-dealkylation sites (N-methyl/N-ethyl adjacent to an activating group) is 1. The maximum absolute atomic E-state index is 8.94. The minimum Gasteiger partial charge on any atom is -0.390 e. The van der Waals surface area contributed by atoms with Gasteiger partial charge in [-0.05, 0) is 0 Å². The van der Waals surface area contributed by atoms with E-state index in [2.05, 4.69) is 45.2 Å². The van der Waals surface area contributed by atoms with Crippen molar-refractivity contribution in [2.24, 2.45) is 0 Å². The Morgan fingerprint density at radius 3 is 2.42 bits per heavy atom. The molecule has 1 atom stereocenters. The van der Waals surface area contributed by atoms with E-state index in [1.807, 2.05) is 0 Å². The van der Waals surface area contributed by atoms with Crippen LogP contribution >= 0.6 is 0 Å². The van der Waals surface area contributed by atoms with Gasteiger partial charge in [-0.2, -0.15) is 0 Å². The molecule has 3 heteroatoms. The molecule has 0 radical (unpaired) electrons. The van der Waals surface area contributed by atoms with Gasteiger partial charge in [-0.15, -0.1) is 0 Å². The summed E-state index contributed by atoms with van der Waals surface area (Å²) in [6.45, 7) is 5.37. The van der Waals surface area contributed by atoms with E-state index in [1.165, 1.54) is 0 Å². The van der Waals surface area contributed by atoms with E-state index < -0.39 is 0 Å². The predicted octanol–water partition coefficient (Wildman–Crippen LogP) is 0.578. The topological polar surface area (TPSA) is 23.5 Å². The molecule has 0 saturated carbocycles. The molecule has 0 fully saturated rings. The van der Waals surface area contributed by atoms with Gasteiger partial charge < -0.3 is 10.0 Å². The third kappa shape index (κ3) is 1.13. The molecule has 0 aromatic heterocycles. The fourth-order valence-corrected chi connectivity index (χ4v) is 1.53. The zero-order valence-electron chi connectivity index (χ0n) is 8.41. The maximum atomic E-state index is 8.94. The van der Waals surface area contributed by atoms with Crippen molar-refractivity contribution in [2.45, 2.75) is 19.5 Å². The van der Waals surface area contributed by atoms with E-state index in [0.717, 1.165) is 11.0 Å². The molecule has 12 heavy (non-hydrogen) atoms. The molecule has 0 saturated heterocycles. The summed E-state index contributed by atoms with van der Waals surface area (Å²) in [7, 11) is 4.20. The van der Waals surface area contributed by atoms with Crippen LogP contribution in [0.25, 0.3) is 0 Å². The first-order valence-electron chi connectivity index (χ1n) is 4.32. The summed E-state index contributed by atoms with van der Waals surface area (Å²) in [4.78, 5) is 2.18. The van der Waals surface area contributed by atoms with Crippen LogP contribution in [-0.2, 0) is 0 Å². The molecule has 1 N–H and O–H groups in total. The zero-order chi connectivity index (χ0) is 9.41. The average molecular weight is 171 g/mol. The van der Waals surface area contributed by atoms with Crippen LogP contribution < -0.4 is 0 Å². The number of aliphatic hydroxyl groups excluding tert-OH is 1. The van der Waals surface area contributed by atoms with Crippen LogP contribution in [0, 0.1) is 0 Å². The van der Waals surface area contributed by atoms with Gasteiger partial charge in [0, 0.05) is 20.9 Å². The zero-order valence-corrected chi connectivity index (χ0v) is 8.41. The number of hydrogen-bond acceptors (Lipinski definition) is 2. The molecular formula is C9H19N2O+. The molecule has 1 aliphatic rings. The van der Waals surface area contributed by atoms with E-state index in [4.69, 9.17) is 5.11 Å². The van der Waals surface area contributed by atoms with Crippen LogP contribution in [0.5, 0.6) is 0 Å². The molecule has 0 aromatic rings. The largest absolute Gasteiger partial charge is 0.390 e. The number of nitrogens with zero attached hydrogens (tertiary/aromatic N) is 2. The van der Waals surface area contributed by atoms with Crippen molar-refractivity contribution in [1.82, 2.24) is 4.90 Å². The van der Waals surface area contributed by atoms with Crippen molar-refractivity contribution in [3.05, 3.63) is 12.4 Å². The van der Waals surface area contributed by atoms with Crippen LogP contribution in [0.3, 0.4) is 0 Å². The third-order valence-electron chi connectivity index (χ3n) is 3.30. The monoisotopic (exact) mass is 171 g/mol. The second kappa shape index (κ2) is 2.75. The average Bonchev–Trinajstić information content (AvgIpc) is 2.16. The molecule has 0 spiro atoms. The number of quaternary nitrogens is 1. The second-order valence-corrected chi connectivity index (χ2v) is 4.12. The van der Waals surface area contributed by atoms with Crippen molar-refractivity contribution >= 4 is 0 Å². The fraction of sp³-hybridized carbons (Fsp3) is 0.778. The highest BCUT2D eigenvalue weighted by Crippen LogP contribution is 2.31. The van der Waals surface area contributed by atoms with Gasteiger partial charge in [0.1, 0.15) is 12.7 Å². The third-order valence-corrected chi connectivity index (χ3v) is 3.30. The molecule has 1 heterocycles. The summed E-state index contributed by atoms with van der Waals surface area (Å²) in [6.07, 6.45) is 4.21. The van der Waals surface area contributed by atoms with E-state index in [0.29, 0.717) is 0 Å². The first-order valence-corrected chi connectivity index (χ1v) is 4.32. The lowest BCUT2D eigenvalue weighted by molar-refractivity contribution is -0.913. The molecule has 0 amide bonds. The Morgan fingerprint density at radius 1 is 1.50 bits per heavy atom. The lowest BCUT2D eigenvalue weighted by Gasteiger charge is -2.43. The molecule has 3 nitrogen and oxygen atoms in total. The van der Waals surface area contributed by atoms with Crippen molar-refractivity contribution in [2.75, 3.05) is 27.2 Å². The van der Waals surface area contributed by atoms with Crippen LogP contribution in [0.15, 0.2) is 12.4 Å². The normalized spacial score (nSPS) is 32.9. The maximum Gasteiger partial charge on any atom is 0.172 e. The lowest BCUT2D eigenvalue weighted by atomic mass is 10.1. The number of aliphatic hydroxyl groups is 1. The second-order valence-electron chi connectivity index (χ2n) is 4.12. The van der Waals surface area contributed by atoms with Gasteiger partial charge >= 0.3 is 0 Å². The Morgan fingerprint density at radius 2 is 2.08 bits per heavy atom. The van der Waals surface area contributed by atoms with Gasteiger partial charge in [0.15, 0.2) is 5.66 Å². The van der Waals surface area contributed by atoms with Gasteiger partial charge in [-0.3, -0.25) is 4.48 Å². The minimum atomic E-state index is 0.0583. The van der Waals surface area contributed by atoms with Gasteiger partial charge in [0.2, 0.25) is 0 Å². The summed E-state index contributed by atoms with van der Waals surface area (Å²) in [5, 5.41) is 8.94. The summed E-state index contributed by atoms with van der Waals surface area (Å²) in [6, 6.07) is 0. The Labute approximate surface area is 74.5 Å². The molecular weight excluding hydrogens is 152 g/mol. The summed E-state index contributed by atoms with van der Waals surface area (Å²) < 4.78 is 0.778. The van der Waals surface area contributed by atoms with Crippen molar-refractivity contribution < 1.29 is 9.59 Å². The Kier molecular flexibility index (Phi) is 2.19. The molecule has 0 aliphatic carbocycles. The van der Waals surface area contributed by atoms with E-state index in [-0.39, 0.29) is 12.3 Å². The molecule has 70 valence electrons. The van der Waals surface area contributed by atoms with Crippen LogP contribution in [-0.4, -0.2) is 47.4 Å². The Balaban J connectivity index is 2.85. The highest BCUT2D eigenvalue weighted by molar-refractivity contribution is 4.90. The summed E-state index contributed by atoms with van der Waals surface area (Å²) in [5.41, 5.74) is 0.0583. The minimum absolute atomic E-state index is 0.0583. The predicted molar refractivity (Wildman–Crippen MR) is 49.1 cm³/mol. The molecule has 0 aromatic carbocycles. The Bertz CT molecular complexity index is 201. The molecule has 1 unspecified atom stereocenters. The lowest BCUT2D eigenvalue weighted by Crippen LogP contribution is -2.59. The van der Waals surface area contributed by atoms with E-state index >= 15 is 0 Å². The SMILES string of the molecule is CN1C=C[N+](C)(CCO)C1(C)C. The standard InChI is InChI=1S/C9H19N2O/c1-9(2)10(3)5-6-11(9,4)7-8-12/h5-6,12H,7-8H2,1-4H3/q+1. The highest BCUT2D eigenvalue weighted by atomic mass is 16.3. The number of hydrogen-bond donors (Lipinski definition) is 1. The van der Waals surface area contributed by atoms with E-state index in [9.17, 15) is 0 Å². The molecule has 1 rings (SSSR count). The smallest absolute Gasteiger partial charge is 0.172 e. The first kappa shape index (κ1) is 9.55. The highest BCUT2D eigenvalue weighted by Gasteiger charge is 2.45. The van der Waals surface area contributed by atoms with Crippen molar-refractivity contribution in [3.63, 3.8) is 0 Å². The van der Waals surface area contributed by atoms with E-state index in [1.54, 1.807) is 0 Å². The van der Waals surface area contributed by atoms with Gasteiger partial charge in [0.25, 0.3) is 0 Å². The van der Waals surface area contributed by atoms with Crippen LogP contribution in [0.4, 0.5) is 0 Å². The first-order chi connectivity index (χ1) is 5.44.